The molecule has 2 nitrogen and oxygen atoms in total. The largest absolute Gasteiger partial charge is 0.449 e. The lowest BCUT2D eigenvalue weighted by molar-refractivity contribution is 0.361. The number of ether oxygens (including phenoxy) is 2. The third kappa shape index (κ3) is 3.93. The maximum Gasteiger partial charge on any atom is 0.178 e. The Hall–Kier alpha value is -5.38. The second kappa shape index (κ2) is 9.59. The van der Waals surface area contributed by atoms with Crippen molar-refractivity contribution in [1.82, 2.24) is 0 Å². The zero-order valence-electron chi connectivity index (χ0n) is 23.1. The summed E-state index contributed by atoms with van der Waals surface area (Å²) in [4.78, 5) is 2.36. The van der Waals surface area contributed by atoms with Crippen molar-refractivity contribution in [3.8, 4) is 55.0 Å². The predicted octanol–water partition coefficient (Wildman–Crippen LogP) is 12.1. The van der Waals surface area contributed by atoms with Crippen molar-refractivity contribution < 1.29 is 9.47 Å². The number of fused-ring (bicyclic) bond motifs is 8. The first-order chi connectivity index (χ1) is 21.3. The van der Waals surface area contributed by atoms with Gasteiger partial charge in [-0.3, -0.25) is 0 Å². The van der Waals surface area contributed by atoms with Crippen LogP contribution >= 0.6 is 11.3 Å². The Labute approximate surface area is 253 Å². The van der Waals surface area contributed by atoms with Crippen LogP contribution in [0.5, 0.6) is 23.0 Å². The van der Waals surface area contributed by atoms with E-state index in [-0.39, 0.29) is 0 Å². The summed E-state index contributed by atoms with van der Waals surface area (Å²) in [7, 11) is 0. The molecule has 43 heavy (non-hydrogen) atoms. The van der Waals surface area contributed by atoms with Crippen LogP contribution in [-0.2, 0) is 0 Å². The van der Waals surface area contributed by atoms with Crippen molar-refractivity contribution in [2.45, 2.75) is 0 Å². The van der Waals surface area contributed by atoms with Gasteiger partial charge >= 0.3 is 0 Å². The molecule has 1 aliphatic rings. The van der Waals surface area contributed by atoms with Gasteiger partial charge in [0, 0.05) is 15.3 Å². The summed E-state index contributed by atoms with van der Waals surface area (Å²) in [6.45, 7) is 0. The van der Waals surface area contributed by atoms with Gasteiger partial charge in [-0.15, -0.1) is 11.3 Å². The smallest absolute Gasteiger partial charge is 0.178 e. The lowest BCUT2D eigenvalue weighted by Gasteiger charge is -2.22. The Balaban J connectivity index is 1.18. The van der Waals surface area contributed by atoms with E-state index in [2.05, 4.69) is 109 Å². The average molecular weight is 569 g/mol. The number of rotatable bonds is 3. The van der Waals surface area contributed by atoms with Crippen LogP contribution in [0.3, 0.4) is 0 Å². The zero-order valence-corrected chi connectivity index (χ0v) is 23.9. The summed E-state index contributed by atoms with van der Waals surface area (Å²) in [5.74, 6) is 2.99. The van der Waals surface area contributed by atoms with Gasteiger partial charge in [0.2, 0.25) is 0 Å². The number of benzene rings is 7. The van der Waals surface area contributed by atoms with Crippen molar-refractivity contribution in [3.63, 3.8) is 0 Å². The van der Waals surface area contributed by atoms with Gasteiger partial charge in [0.05, 0.1) is 0 Å². The highest BCUT2D eigenvalue weighted by Gasteiger charge is 2.23. The summed E-state index contributed by atoms with van der Waals surface area (Å²) in [6, 6.07) is 51.5. The minimum absolute atomic E-state index is 0.739. The molecule has 0 N–H and O–H groups in total. The lowest BCUT2D eigenvalue weighted by atomic mass is 9.91. The Kier molecular flexibility index (Phi) is 5.40. The average Bonchev–Trinajstić information content (AvgIpc) is 3.57. The first-order valence-corrected chi connectivity index (χ1v) is 15.2. The summed E-state index contributed by atoms with van der Waals surface area (Å²) in [6.07, 6.45) is 0. The van der Waals surface area contributed by atoms with Crippen LogP contribution < -0.4 is 9.47 Å². The monoisotopic (exact) mass is 568 g/mol. The molecule has 0 bridgehead atoms. The van der Waals surface area contributed by atoms with E-state index in [1.54, 1.807) is 11.3 Å². The first-order valence-electron chi connectivity index (χ1n) is 14.4. The van der Waals surface area contributed by atoms with Gasteiger partial charge in [0.25, 0.3) is 0 Å². The van der Waals surface area contributed by atoms with Gasteiger partial charge in [-0.05, 0) is 97.5 Å². The lowest BCUT2D eigenvalue weighted by Crippen LogP contribution is -1.99. The molecule has 0 saturated carbocycles. The molecule has 7 aromatic carbocycles. The van der Waals surface area contributed by atoms with Crippen molar-refractivity contribution in [2.75, 3.05) is 0 Å². The molecule has 1 aliphatic heterocycles. The highest BCUT2D eigenvalue weighted by atomic mass is 32.1. The van der Waals surface area contributed by atoms with E-state index < -0.39 is 0 Å². The molecule has 0 radical (unpaired) electrons. The van der Waals surface area contributed by atoms with Crippen molar-refractivity contribution in [3.05, 3.63) is 146 Å². The highest BCUT2D eigenvalue weighted by molar-refractivity contribution is 7.18. The molecule has 3 heteroatoms. The molecule has 0 aliphatic carbocycles. The standard InChI is InChI=1S/C40H24O2S/c1-2-9-25(10-3-1)26-17-19-31-33(23-26)29-12-5-4-11-28(29)30-20-18-27(24-34(30)31)38-21-22-39(43-38)32-13-8-16-37-40(32)42-36-15-7-6-14-35(36)41-37/h1-24H. The van der Waals surface area contributed by atoms with E-state index in [9.17, 15) is 0 Å². The minimum Gasteiger partial charge on any atom is -0.449 e. The van der Waals surface area contributed by atoms with E-state index in [1.807, 2.05) is 36.4 Å². The van der Waals surface area contributed by atoms with E-state index >= 15 is 0 Å². The van der Waals surface area contributed by atoms with Crippen LogP contribution in [0.1, 0.15) is 0 Å². The third-order valence-corrected chi connectivity index (χ3v) is 9.53. The molecule has 0 fully saturated rings. The fourth-order valence-electron chi connectivity index (χ4n) is 6.30. The van der Waals surface area contributed by atoms with Crippen molar-refractivity contribution >= 4 is 43.7 Å². The van der Waals surface area contributed by atoms with Crippen molar-refractivity contribution in [1.29, 1.82) is 0 Å². The summed E-state index contributed by atoms with van der Waals surface area (Å²) < 4.78 is 12.5. The van der Waals surface area contributed by atoms with Crippen molar-refractivity contribution in [2.24, 2.45) is 0 Å². The van der Waals surface area contributed by atoms with E-state index in [0.29, 0.717) is 0 Å². The number of thiophene rings is 1. The molecule has 0 unspecified atom stereocenters. The number of hydrogen-bond donors (Lipinski definition) is 0. The summed E-state index contributed by atoms with van der Waals surface area (Å²) in [5.41, 5.74) is 4.71. The number of para-hydroxylation sites is 3. The normalized spacial score (nSPS) is 12.1. The Bertz CT molecular complexity index is 2350. The summed E-state index contributed by atoms with van der Waals surface area (Å²) in [5, 5.41) is 7.66. The van der Waals surface area contributed by atoms with Gasteiger partial charge < -0.3 is 9.47 Å². The molecule has 9 rings (SSSR count). The van der Waals surface area contributed by atoms with Crippen LogP contribution in [0.4, 0.5) is 0 Å². The molecule has 1 aromatic heterocycles. The summed E-state index contributed by atoms with van der Waals surface area (Å²) >= 11 is 1.77. The van der Waals surface area contributed by atoms with Crippen LogP contribution in [-0.4, -0.2) is 0 Å². The quantitative estimate of drug-likeness (QED) is 0.197. The fourth-order valence-corrected chi connectivity index (χ4v) is 7.33. The van der Waals surface area contributed by atoms with E-state index in [1.165, 1.54) is 53.9 Å². The molecule has 0 atom stereocenters. The maximum atomic E-state index is 6.35. The maximum absolute atomic E-state index is 6.35. The van der Waals surface area contributed by atoms with Crippen LogP contribution in [0.15, 0.2) is 146 Å². The molecule has 2 heterocycles. The minimum atomic E-state index is 0.739. The molecule has 0 spiro atoms. The highest BCUT2D eigenvalue weighted by Crippen LogP contribution is 2.51. The van der Waals surface area contributed by atoms with Gasteiger partial charge in [-0.2, -0.15) is 0 Å². The zero-order chi connectivity index (χ0) is 28.3. The first kappa shape index (κ1) is 24.2. The number of hydrogen-bond acceptors (Lipinski definition) is 3. The second-order valence-corrected chi connectivity index (χ2v) is 12.0. The molecule has 202 valence electrons. The molecule has 0 amide bonds. The van der Waals surface area contributed by atoms with Crippen LogP contribution in [0.25, 0.3) is 64.3 Å². The Morgan fingerprint density at radius 2 is 0.930 bits per heavy atom. The van der Waals surface area contributed by atoms with Crippen LogP contribution in [0.2, 0.25) is 0 Å². The van der Waals surface area contributed by atoms with Gasteiger partial charge in [-0.25, -0.2) is 0 Å². The Morgan fingerprint density at radius 1 is 0.349 bits per heavy atom. The van der Waals surface area contributed by atoms with E-state index in [0.717, 1.165) is 33.4 Å². The molecular weight excluding hydrogens is 545 g/mol. The third-order valence-electron chi connectivity index (χ3n) is 8.36. The molecule has 8 aromatic rings. The molecular formula is C40H24O2S. The Morgan fingerprint density at radius 3 is 1.74 bits per heavy atom. The van der Waals surface area contributed by atoms with Crippen LogP contribution in [0, 0.1) is 0 Å². The second-order valence-electron chi connectivity index (χ2n) is 10.9. The predicted molar refractivity (Wildman–Crippen MR) is 180 cm³/mol. The van der Waals surface area contributed by atoms with E-state index in [4.69, 9.17) is 9.47 Å². The SMILES string of the molecule is c1ccc(-c2ccc3c(c2)c2ccccc2c2ccc(-c4ccc(-c5cccc6c5Oc5ccccc5O6)s4)cc23)cc1. The topological polar surface area (TPSA) is 18.5 Å². The van der Waals surface area contributed by atoms with Gasteiger partial charge in [0.15, 0.2) is 23.0 Å². The van der Waals surface area contributed by atoms with Gasteiger partial charge in [0.1, 0.15) is 0 Å². The fraction of sp³-hybridized carbons (Fsp3) is 0. The molecule has 0 saturated heterocycles. The van der Waals surface area contributed by atoms with Gasteiger partial charge in [-0.1, -0.05) is 97.1 Å².